The van der Waals surface area contributed by atoms with Gasteiger partial charge in [-0.2, -0.15) is 4.98 Å². The van der Waals surface area contributed by atoms with Gasteiger partial charge in [0.05, 0.1) is 6.61 Å². The minimum atomic E-state index is 0.282. The third-order valence-electron chi connectivity index (χ3n) is 2.40. The topological polar surface area (TPSA) is 79.5 Å². The lowest BCUT2D eigenvalue weighted by molar-refractivity contribution is 0.177. The zero-order valence-corrected chi connectivity index (χ0v) is 11.5. The van der Waals surface area contributed by atoms with Crippen LogP contribution in [0, 0.1) is 0 Å². The minimum Gasteiger partial charge on any atom is -0.494 e. The van der Waals surface area contributed by atoms with Crippen molar-refractivity contribution < 1.29 is 14.2 Å². The summed E-state index contributed by atoms with van der Waals surface area (Å²) in [5.41, 5.74) is 5.70. The summed E-state index contributed by atoms with van der Waals surface area (Å²) in [6.45, 7) is 2.85. The molecule has 106 valence electrons. The number of aromatic nitrogens is 2. The molecule has 6 nitrogen and oxygen atoms in total. The highest BCUT2D eigenvalue weighted by molar-refractivity contribution is 5.37. The number of nitrogen functional groups attached to an aromatic ring is 1. The zero-order valence-electron chi connectivity index (χ0n) is 11.5. The first-order chi connectivity index (χ1) is 9.71. The van der Waals surface area contributed by atoms with Gasteiger partial charge in [-0.15, -0.1) is 0 Å². The summed E-state index contributed by atoms with van der Waals surface area (Å²) >= 11 is 0. The van der Waals surface area contributed by atoms with Crippen molar-refractivity contribution >= 4 is 5.82 Å². The van der Waals surface area contributed by atoms with E-state index in [4.69, 9.17) is 19.9 Å². The number of nitrogens with zero attached hydrogens (tertiary/aromatic N) is 2. The number of anilines is 1. The molecule has 2 N–H and O–H groups in total. The molecule has 0 unspecified atom stereocenters. The molecular weight excluding hydrogens is 258 g/mol. The van der Waals surface area contributed by atoms with Crippen molar-refractivity contribution in [2.75, 3.05) is 19.5 Å². The maximum Gasteiger partial charge on any atom is 0.224 e. The molecule has 0 aliphatic heterocycles. The third-order valence-corrected chi connectivity index (χ3v) is 2.40. The van der Waals surface area contributed by atoms with Gasteiger partial charge < -0.3 is 19.9 Å². The fourth-order valence-electron chi connectivity index (χ4n) is 1.63. The lowest BCUT2D eigenvalue weighted by atomic mass is 10.3. The van der Waals surface area contributed by atoms with E-state index in [0.29, 0.717) is 29.9 Å². The third kappa shape index (κ3) is 3.83. The summed E-state index contributed by atoms with van der Waals surface area (Å²) in [6, 6.07) is 8.84. The largest absolute Gasteiger partial charge is 0.494 e. The standard InChI is InChI=1S/C14H17N3O3/c1-3-19-10-4-6-11(7-5-10)20-14-8-12(15)16-13(17-14)9-18-2/h4-8H,3,9H2,1-2H3,(H2,15,16,17). The Balaban J connectivity index is 2.12. The molecule has 0 amide bonds. The van der Waals surface area contributed by atoms with Gasteiger partial charge in [-0.05, 0) is 31.2 Å². The maximum atomic E-state index is 5.70. The SMILES string of the molecule is CCOc1ccc(Oc2cc(N)nc(COC)n2)cc1. The summed E-state index contributed by atoms with van der Waals surface area (Å²) in [7, 11) is 1.57. The molecule has 2 rings (SSSR count). The smallest absolute Gasteiger partial charge is 0.224 e. The van der Waals surface area contributed by atoms with Gasteiger partial charge in [-0.3, -0.25) is 0 Å². The number of hydrogen-bond donors (Lipinski definition) is 1. The van der Waals surface area contributed by atoms with E-state index in [1.165, 1.54) is 0 Å². The van der Waals surface area contributed by atoms with Crippen molar-refractivity contribution in [3.05, 3.63) is 36.2 Å². The van der Waals surface area contributed by atoms with E-state index in [-0.39, 0.29) is 6.61 Å². The summed E-state index contributed by atoms with van der Waals surface area (Å²) in [6.07, 6.45) is 0. The van der Waals surface area contributed by atoms with Crippen molar-refractivity contribution in [3.63, 3.8) is 0 Å². The van der Waals surface area contributed by atoms with E-state index in [1.807, 2.05) is 19.1 Å². The number of rotatable bonds is 6. The van der Waals surface area contributed by atoms with Crippen LogP contribution in [-0.2, 0) is 11.3 Å². The van der Waals surface area contributed by atoms with Crippen molar-refractivity contribution in [2.24, 2.45) is 0 Å². The van der Waals surface area contributed by atoms with Gasteiger partial charge in [0, 0.05) is 13.2 Å². The fourth-order valence-corrected chi connectivity index (χ4v) is 1.63. The molecule has 0 atom stereocenters. The second kappa shape index (κ2) is 6.72. The normalized spacial score (nSPS) is 10.3. The number of ether oxygens (including phenoxy) is 3. The molecule has 0 aliphatic carbocycles. The van der Waals surface area contributed by atoms with Crippen LogP contribution < -0.4 is 15.2 Å². The van der Waals surface area contributed by atoms with Gasteiger partial charge in [-0.1, -0.05) is 0 Å². The van der Waals surface area contributed by atoms with Crippen LogP contribution in [0.25, 0.3) is 0 Å². The van der Waals surface area contributed by atoms with Crippen molar-refractivity contribution in [1.82, 2.24) is 9.97 Å². The Bertz CT molecular complexity index is 558. The Labute approximate surface area is 117 Å². The summed E-state index contributed by atoms with van der Waals surface area (Å²) in [5.74, 6) is 2.65. The van der Waals surface area contributed by atoms with Gasteiger partial charge in [0.25, 0.3) is 0 Å². The molecule has 0 radical (unpaired) electrons. The highest BCUT2D eigenvalue weighted by Gasteiger charge is 2.05. The molecular formula is C14H17N3O3. The summed E-state index contributed by atoms with van der Waals surface area (Å²) in [4.78, 5) is 8.25. The van der Waals surface area contributed by atoms with Crippen LogP contribution in [0.15, 0.2) is 30.3 Å². The fraction of sp³-hybridized carbons (Fsp3) is 0.286. The highest BCUT2D eigenvalue weighted by Crippen LogP contribution is 2.23. The van der Waals surface area contributed by atoms with E-state index in [0.717, 1.165) is 5.75 Å². The Morgan fingerprint density at radius 2 is 1.80 bits per heavy atom. The minimum absolute atomic E-state index is 0.282. The number of benzene rings is 1. The van der Waals surface area contributed by atoms with E-state index in [2.05, 4.69) is 9.97 Å². The zero-order chi connectivity index (χ0) is 14.4. The van der Waals surface area contributed by atoms with Crippen molar-refractivity contribution in [2.45, 2.75) is 13.5 Å². The van der Waals surface area contributed by atoms with Crippen LogP contribution in [-0.4, -0.2) is 23.7 Å². The Hall–Kier alpha value is -2.34. The van der Waals surface area contributed by atoms with Crippen molar-refractivity contribution in [3.8, 4) is 17.4 Å². The monoisotopic (exact) mass is 275 g/mol. The molecule has 2 aromatic rings. The molecule has 20 heavy (non-hydrogen) atoms. The number of nitrogens with two attached hydrogens (primary N) is 1. The van der Waals surface area contributed by atoms with Crippen LogP contribution in [0.3, 0.4) is 0 Å². The number of hydrogen-bond acceptors (Lipinski definition) is 6. The van der Waals surface area contributed by atoms with Gasteiger partial charge >= 0.3 is 0 Å². The molecule has 0 saturated heterocycles. The van der Waals surface area contributed by atoms with E-state index >= 15 is 0 Å². The molecule has 0 fully saturated rings. The first-order valence-corrected chi connectivity index (χ1v) is 6.24. The van der Waals surface area contributed by atoms with E-state index in [9.17, 15) is 0 Å². The van der Waals surface area contributed by atoms with E-state index in [1.54, 1.807) is 25.3 Å². The Kier molecular flexibility index (Phi) is 4.73. The Morgan fingerprint density at radius 3 is 2.45 bits per heavy atom. The second-order valence-electron chi connectivity index (χ2n) is 3.99. The summed E-state index contributed by atoms with van der Waals surface area (Å²) in [5, 5.41) is 0. The quantitative estimate of drug-likeness (QED) is 0.872. The second-order valence-corrected chi connectivity index (χ2v) is 3.99. The molecule has 1 aromatic carbocycles. The van der Waals surface area contributed by atoms with Crippen molar-refractivity contribution in [1.29, 1.82) is 0 Å². The molecule has 0 bridgehead atoms. The lowest BCUT2D eigenvalue weighted by Crippen LogP contribution is -2.02. The first-order valence-electron chi connectivity index (χ1n) is 6.24. The molecule has 1 heterocycles. The predicted octanol–water partition coefficient (Wildman–Crippen LogP) is 2.40. The Morgan fingerprint density at radius 1 is 1.10 bits per heavy atom. The predicted molar refractivity (Wildman–Crippen MR) is 74.8 cm³/mol. The summed E-state index contributed by atoms with van der Waals surface area (Å²) < 4.78 is 16.0. The molecule has 0 saturated carbocycles. The van der Waals surface area contributed by atoms with Crippen LogP contribution in [0.4, 0.5) is 5.82 Å². The lowest BCUT2D eigenvalue weighted by Gasteiger charge is -2.08. The molecule has 0 aliphatic rings. The van der Waals surface area contributed by atoms with Crippen LogP contribution in [0.1, 0.15) is 12.7 Å². The van der Waals surface area contributed by atoms with Gasteiger partial charge in [0.2, 0.25) is 5.88 Å². The van der Waals surface area contributed by atoms with Gasteiger partial charge in [-0.25, -0.2) is 4.98 Å². The molecule has 1 aromatic heterocycles. The average molecular weight is 275 g/mol. The molecule has 0 spiro atoms. The van der Waals surface area contributed by atoms with Gasteiger partial charge in [0.1, 0.15) is 23.9 Å². The van der Waals surface area contributed by atoms with Gasteiger partial charge in [0.15, 0.2) is 5.82 Å². The highest BCUT2D eigenvalue weighted by atomic mass is 16.5. The van der Waals surface area contributed by atoms with Crippen LogP contribution >= 0.6 is 0 Å². The molecule has 6 heteroatoms. The van der Waals surface area contributed by atoms with Crippen LogP contribution in [0.2, 0.25) is 0 Å². The first kappa shape index (κ1) is 14.1. The van der Waals surface area contributed by atoms with Crippen LogP contribution in [0.5, 0.6) is 17.4 Å². The van der Waals surface area contributed by atoms with E-state index < -0.39 is 0 Å². The maximum absolute atomic E-state index is 5.70. The number of methoxy groups -OCH3 is 1. The average Bonchev–Trinajstić information content (AvgIpc) is 2.41.